The van der Waals surface area contributed by atoms with Crippen molar-refractivity contribution in [1.82, 2.24) is 16.0 Å². The van der Waals surface area contributed by atoms with E-state index in [1.807, 2.05) is 56.3 Å². The summed E-state index contributed by atoms with van der Waals surface area (Å²) in [5, 5.41) is 10.4. The zero-order chi connectivity index (χ0) is 26.7. The monoisotopic (exact) mass is 497 g/mol. The molecule has 3 amide bonds. The van der Waals surface area contributed by atoms with Crippen LogP contribution < -0.4 is 33.2 Å². The Morgan fingerprint density at radius 1 is 0.944 bits per heavy atom. The highest BCUT2D eigenvalue weighted by molar-refractivity contribution is 5.93. The maximum Gasteiger partial charge on any atom is 0.243 e. The van der Waals surface area contributed by atoms with E-state index in [1.165, 1.54) is 0 Å². The van der Waals surface area contributed by atoms with Gasteiger partial charge in [0.25, 0.3) is 0 Å². The van der Waals surface area contributed by atoms with Crippen molar-refractivity contribution in [2.24, 2.45) is 28.1 Å². The summed E-state index contributed by atoms with van der Waals surface area (Å²) < 4.78 is 0. The number of benzene rings is 2. The van der Waals surface area contributed by atoms with Crippen LogP contribution in [0.4, 0.5) is 0 Å². The van der Waals surface area contributed by atoms with Crippen LogP contribution in [-0.4, -0.2) is 55.4 Å². The number of hydrogen-bond donors (Lipinski definition) is 6. The number of nitrogens with two attached hydrogens (primary N) is 3. The van der Waals surface area contributed by atoms with Crippen LogP contribution in [0.15, 0.2) is 47.5 Å². The third-order valence-corrected chi connectivity index (χ3v) is 5.88. The van der Waals surface area contributed by atoms with E-state index in [4.69, 9.17) is 17.2 Å². The molecule has 0 aliphatic rings. The number of aliphatic imine (C=N–C) groups is 1. The fourth-order valence-corrected chi connectivity index (χ4v) is 3.92. The number of rotatable bonds is 13. The summed E-state index contributed by atoms with van der Waals surface area (Å²) in [6, 6.07) is 11.0. The Morgan fingerprint density at radius 3 is 2.28 bits per heavy atom. The molecule has 3 atom stereocenters. The lowest BCUT2D eigenvalue weighted by Gasteiger charge is -2.24. The fraction of sp³-hybridized carbons (Fsp3) is 0.462. The minimum absolute atomic E-state index is 0.114. The van der Waals surface area contributed by atoms with Gasteiger partial charge in [0.15, 0.2) is 5.96 Å². The van der Waals surface area contributed by atoms with Crippen LogP contribution in [0.3, 0.4) is 0 Å². The molecule has 0 fully saturated rings. The van der Waals surface area contributed by atoms with Crippen molar-refractivity contribution >= 4 is 34.5 Å². The number of fused-ring (bicyclic) bond motifs is 1. The van der Waals surface area contributed by atoms with Gasteiger partial charge >= 0.3 is 0 Å². The van der Waals surface area contributed by atoms with Crippen molar-refractivity contribution < 1.29 is 14.4 Å². The lowest BCUT2D eigenvalue weighted by atomic mass is 9.97. The van der Waals surface area contributed by atoms with Gasteiger partial charge in [-0.1, -0.05) is 56.3 Å². The Hall–Kier alpha value is -3.66. The number of hydrogen-bond acceptors (Lipinski definition) is 5. The van der Waals surface area contributed by atoms with Gasteiger partial charge in [-0.05, 0) is 41.5 Å². The minimum Gasteiger partial charge on any atom is -0.370 e. The molecular formula is C26H39N7O3. The zero-order valence-corrected chi connectivity index (χ0v) is 21.3. The second kappa shape index (κ2) is 14.0. The highest BCUT2D eigenvalue weighted by Gasteiger charge is 2.28. The second-order valence-electron chi connectivity index (χ2n) is 9.28. The molecule has 0 heterocycles. The summed E-state index contributed by atoms with van der Waals surface area (Å²) in [7, 11) is 1.58. The average molecular weight is 498 g/mol. The third-order valence-electron chi connectivity index (χ3n) is 5.88. The average Bonchev–Trinajstić information content (AvgIpc) is 2.85. The molecule has 2 aromatic rings. The SMILES string of the molecule is CN=C(N)NCCC[C@H](N)C(=O)N[C@@H](CC(C)C)C(=O)N[C@@H](Cc1cccc2ccccc12)C(N)=O. The fourth-order valence-electron chi connectivity index (χ4n) is 3.92. The Balaban J connectivity index is 2.05. The number of carbonyl (C=O) groups is 3. The van der Waals surface area contributed by atoms with Crippen molar-refractivity contribution in [3.8, 4) is 0 Å². The molecule has 0 radical (unpaired) electrons. The summed E-state index contributed by atoms with van der Waals surface area (Å²) >= 11 is 0. The number of amides is 3. The summed E-state index contributed by atoms with van der Waals surface area (Å²) in [5.74, 6) is -1.12. The highest BCUT2D eigenvalue weighted by Crippen LogP contribution is 2.20. The number of carbonyl (C=O) groups excluding carboxylic acids is 3. The van der Waals surface area contributed by atoms with Crippen LogP contribution >= 0.6 is 0 Å². The predicted molar refractivity (Wildman–Crippen MR) is 143 cm³/mol. The molecule has 0 aromatic heterocycles. The van der Waals surface area contributed by atoms with E-state index in [0.717, 1.165) is 16.3 Å². The van der Waals surface area contributed by atoms with E-state index in [-0.39, 0.29) is 12.3 Å². The smallest absolute Gasteiger partial charge is 0.243 e. The van der Waals surface area contributed by atoms with Gasteiger partial charge in [-0.15, -0.1) is 0 Å². The molecule has 2 rings (SSSR count). The van der Waals surface area contributed by atoms with Gasteiger partial charge in [0.2, 0.25) is 17.7 Å². The van der Waals surface area contributed by atoms with E-state index in [0.29, 0.717) is 31.8 Å². The van der Waals surface area contributed by atoms with Gasteiger partial charge < -0.3 is 33.2 Å². The van der Waals surface area contributed by atoms with Gasteiger partial charge in [-0.3, -0.25) is 19.4 Å². The lowest BCUT2D eigenvalue weighted by molar-refractivity contribution is -0.132. The van der Waals surface area contributed by atoms with Crippen LogP contribution in [0.5, 0.6) is 0 Å². The Bertz CT molecular complexity index is 1070. The number of nitrogens with zero attached hydrogens (tertiary/aromatic N) is 1. The molecule has 10 heteroatoms. The molecule has 0 unspecified atom stereocenters. The topological polar surface area (TPSA) is 178 Å². The van der Waals surface area contributed by atoms with Gasteiger partial charge in [0.1, 0.15) is 12.1 Å². The van der Waals surface area contributed by atoms with Crippen LogP contribution in [-0.2, 0) is 20.8 Å². The van der Waals surface area contributed by atoms with Crippen LogP contribution in [0.25, 0.3) is 10.8 Å². The molecule has 196 valence electrons. The van der Waals surface area contributed by atoms with E-state index < -0.39 is 35.8 Å². The number of nitrogens with one attached hydrogen (secondary N) is 3. The van der Waals surface area contributed by atoms with E-state index in [9.17, 15) is 14.4 Å². The van der Waals surface area contributed by atoms with Gasteiger partial charge in [0.05, 0.1) is 6.04 Å². The van der Waals surface area contributed by atoms with Crippen molar-refractivity contribution in [2.45, 2.75) is 57.7 Å². The van der Waals surface area contributed by atoms with Gasteiger partial charge in [0, 0.05) is 20.0 Å². The molecule has 0 spiro atoms. The van der Waals surface area contributed by atoms with Crippen LogP contribution in [0.1, 0.15) is 38.7 Å². The Labute approximate surface area is 212 Å². The maximum absolute atomic E-state index is 13.2. The predicted octanol–water partition coefficient (Wildman–Crippen LogP) is 0.525. The molecule has 0 saturated heterocycles. The van der Waals surface area contributed by atoms with Gasteiger partial charge in [-0.2, -0.15) is 0 Å². The quantitative estimate of drug-likeness (QED) is 0.133. The number of guanidine groups is 1. The molecule has 2 aromatic carbocycles. The molecular weight excluding hydrogens is 458 g/mol. The highest BCUT2D eigenvalue weighted by atomic mass is 16.2. The molecule has 0 saturated carbocycles. The van der Waals surface area contributed by atoms with Crippen molar-refractivity contribution in [2.75, 3.05) is 13.6 Å². The zero-order valence-electron chi connectivity index (χ0n) is 21.3. The first-order valence-electron chi connectivity index (χ1n) is 12.2. The summed E-state index contributed by atoms with van der Waals surface area (Å²) in [5.41, 5.74) is 18.2. The molecule has 0 aliphatic carbocycles. The van der Waals surface area contributed by atoms with Crippen molar-refractivity contribution in [1.29, 1.82) is 0 Å². The summed E-state index contributed by atoms with van der Waals surface area (Å²) in [4.78, 5) is 41.9. The third kappa shape index (κ3) is 8.84. The Morgan fingerprint density at radius 2 is 1.61 bits per heavy atom. The first kappa shape index (κ1) is 28.6. The summed E-state index contributed by atoms with van der Waals surface area (Å²) in [6.07, 6.45) is 1.62. The largest absolute Gasteiger partial charge is 0.370 e. The standard InChI is InChI=1S/C26H39N7O3/c1-16(2)14-22(33-24(35)20(27)12-7-13-31-26(29)30-3)25(36)32-21(23(28)34)15-18-10-6-9-17-8-4-5-11-19(17)18/h4-6,8-11,16,20-22H,7,12-15,27H2,1-3H3,(H2,28,34)(H,32,36)(H,33,35)(H3,29,30,31)/t20-,21-,22-/m0/s1. The van der Waals surface area contributed by atoms with Crippen molar-refractivity contribution in [3.63, 3.8) is 0 Å². The van der Waals surface area contributed by atoms with Crippen molar-refractivity contribution in [3.05, 3.63) is 48.0 Å². The second-order valence-corrected chi connectivity index (χ2v) is 9.28. The first-order valence-corrected chi connectivity index (χ1v) is 12.2. The molecule has 10 nitrogen and oxygen atoms in total. The molecule has 0 aliphatic heterocycles. The van der Waals surface area contributed by atoms with Gasteiger partial charge in [-0.25, -0.2) is 0 Å². The normalized spacial score (nSPS) is 14.2. The van der Waals surface area contributed by atoms with E-state index in [2.05, 4.69) is 20.9 Å². The van der Waals surface area contributed by atoms with Crippen LogP contribution in [0, 0.1) is 5.92 Å². The van der Waals surface area contributed by atoms with Crippen LogP contribution in [0.2, 0.25) is 0 Å². The number of primary amides is 1. The minimum atomic E-state index is -0.930. The van der Waals surface area contributed by atoms with E-state index >= 15 is 0 Å². The molecule has 36 heavy (non-hydrogen) atoms. The van der Waals surface area contributed by atoms with E-state index in [1.54, 1.807) is 7.05 Å². The Kier molecular flexibility index (Phi) is 11.1. The molecule has 9 N–H and O–H groups in total. The first-order chi connectivity index (χ1) is 17.1. The maximum atomic E-state index is 13.2. The summed E-state index contributed by atoms with van der Waals surface area (Å²) in [6.45, 7) is 4.41. The lowest BCUT2D eigenvalue weighted by Crippen LogP contribution is -2.56. The molecule has 0 bridgehead atoms.